The van der Waals surface area contributed by atoms with E-state index in [1.165, 1.54) is 21.2 Å². The average Bonchev–Trinajstić information content (AvgIpc) is 2.78. The quantitative estimate of drug-likeness (QED) is 0.216. The molecule has 0 aliphatic rings. The topological polar surface area (TPSA) is 0 Å². The van der Waals surface area contributed by atoms with Crippen molar-refractivity contribution in [3.8, 4) is 0 Å². The van der Waals surface area contributed by atoms with E-state index in [1.807, 2.05) is 0 Å². The first-order chi connectivity index (χ1) is 14.3. The number of halogens is 2. The molecule has 4 rings (SSSR count). The van der Waals surface area contributed by atoms with Crippen molar-refractivity contribution in [2.24, 2.45) is 0 Å². The summed E-state index contributed by atoms with van der Waals surface area (Å²) in [5.74, 6) is 0. The van der Waals surface area contributed by atoms with Crippen LogP contribution in [0, 0.1) is 0 Å². The summed E-state index contributed by atoms with van der Waals surface area (Å²) in [7, 11) is 11.2. The second-order valence-electron chi connectivity index (χ2n) is 5.76. The molecule has 5 heteroatoms. The van der Waals surface area contributed by atoms with Crippen molar-refractivity contribution in [3.63, 3.8) is 0 Å². The summed E-state index contributed by atoms with van der Waals surface area (Å²) < 4.78 is 0. The summed E-state index contributed by atoms with van der Waals surface area (Å²) in [6.45, 7) is 0. The van der Waals surface area contributed by atoms with Crippen LogP contribution in [0.3, 0.4) is 0 Å². The third-order valence-electron chi connectivity index (χ3n) is 3.67. The molecule has 0 fully saturated rings. The van der Waals surface area contributed by atoms with E-state index in [0.717, 1.165) is 17.2 Å². The molecule has 0 atom stereocenters. The Labute approximate surface area is 193 Å². The molecule has 152 valence electrons. The van der Waals surface area contributed by atoms with Gasteiger partial charge in [-0.15, -0.1) is 0 Å². The molecule has 0 amide bonds. The minimum atomic E-state index is -0.106. The summed E-state index contributed by atoms with van der Waals surface area (Å²) >= 11 is -0.106. The van der Waals surface area contributed by atoms with Crippen LogP contribution in [-0.4, -0.2) is 0 Å². The summed E-state index contributed by atoms with van der Waals surface area (Å²) in [6, 6.07) is 42.3. The molecule has 0 N–H and O–H groups in total. The van der Waals surface area contributed by atoms with Gasteiger partial charge in [-0.25, -0.2) is 0 Å². The third-order valence-corrected chi connectivity index (χ3v) is 6.16. The smallest absolute Gasteiger partial charge is 0.0226 e. The summed E-state index contributed by atoms with van der Waals surface area (Å²) in [6.07, 6.45) is 0. The van der Waals surface area contributed by atoms with E-state index in [-0.39, 0.29) is 15.9 Å². The zero-order valence-electron chi connectivity index (χ0n) is 15.6. The molecule has 0 heterocycles. The van der Waals surface area contributed by atoms with E-state index in [2.05, 4.69) is 121 Å². The van der Waals surface area contributed by atoms with E-state index < -0.39 is 0 Å². The van der Waals surface area contributed by atoms with Gasteiger partial charge in [-0.3, -0.25) is 0 Å². The molecular weight excluding hydrogens is 528 g/mol. The Bertz CT molecular complexity index is 741. The predicted octanol–water partition coefficient (Wildman–Crippen LogP) is 6.01. The second kappa shape index (κ2) is 15.8. The van der Waals surface area contributed by atoms with Crippen LogP contribution >= 0.6 is 36.2 Å². The number of benzene rings is 4. The molecule has 0 bridgehead atoms. The van der Waals surface area contributed by atoms with E-state index in [0.29, 0.717) is 0 Å². The van der Waals surface area contributed by atoms with Crippen molar-refractivity contribution in [2.75, 3.05) is 0 Å². The van der Waals surface area contributed by atoms with Gasteiger partial charge in [0.2, 0.25) is 0 Å². The van der Waals surface area contributed by atoms with Gasteiger partial charge in [0.05, 0.1) is 0 Å². The zero-order chi connectivity index (χ0) is 20.6. The van der Waals surface area contributed by atoms with Crippen molar-refractivity contribution in [1.82, 2.24) is 0 Å². The van der Waals surface area contributed by atoms with Crippen LogP contribution < -0.4 is 21.2 Å². The zero-order valence-corrected chi connectivity index (χ0v) is 20.7. The van der Waals surface area contributed by atoms with E-state index >= 15 is 0 Å². The van der Waals surface area contributed by atoms with Crippen LogP contribution in [0.4, 0.5) is 0 Å². The molecule has 0 aromatic heterocycles. The van der Waals surface area contributed by atoms with Crippen molar-refractivity contribution >= 4 is 57.4 Å². The third kappa shape index (κ3) is 11.1. The Morgan fingerprint density at radius 3 is 0.724 bits per heavy atom. The maximum absolute atomic E-state index is 4.81. The summed E-state index contributed by atoms with van der Waals surface area (Å²) in [5.41, 5.74) is 0. The first-order valence-electron chi connectivity index (χ1n) is 8.88. The van der Waals surface area contributed by atoms with Crippen LogP contribution in [0.2, 0.25) is 0 Å². The molecule has 0 aliphatic carbocycles. The molecule has 0 radical (unpaired) electrons. The fraction of sp³-hybridized carbons (Fsp3) is 0. The average molecular weight is 550 g/mol. The molecule has 0 spiro atoms. The maximum atomic E-state index is 4.81. The summed E-state index contributed by atoms with van der Waals surface area (Å²) in [4.78, 5) is 0. The van der Waals surface area contributed by atoms with Gasteiger partial charge in [0.1, 0.15) is 0 Å². The van der Waals surface area contributed by atoms with Crippen molar-refractivity contribution in [2.45, 2.75) is 0 Å². The Hall–Kier alpha value is -1.02. The molecule has 0 saturated carbocycles. The molecule has 0 saturated heterocycles. The molecule has 29 heavy (non-hydrogen) atoms. The Balaban J connectivity index is 0.000000183. The van der Waals surface area contributed by atoms with Crippen LogP contribution in [0.15, 0.2) is 121 Å². The van der Waals surface area contributed by atoms with Gasteiger partial charge in [-0.1, -0.05) is 138 Å². The van der Waals surface area contributed by atoms with Gasteiger partial charge in [-0.2, -0.15) is 0 Å². The monoisotopic (exact) mass is 548 g/mol. The van der Waals surface area contributed by atoms with Gasteiger partial charge < -0.3 is 0 Å². The van der Waals surface area contributed by atoms with E-state index in [1.54, 1.807) is 0 Å². The van der Waals surface area contributed by atoms with Gasteiger partial charge in [-0.05, 0) is 21.2 Å². The first-order valence-corrected chi connectivity index (χ1v) is 14.9. The van der Waals surface area contributed by atoms with Gasteiger partial charge >= 0.3 is 35.0 Å². The van der Waals surface area contributed by atoms with Gasteiger partial charge in [0, 0.05) is 0 Å². The fourth-order valence-electron chi connectivity index (χ4n) is 2.42. The molecular formula is C24H22Cl2P2Pd. The Morgan fingerprint density at radius 2 is 0.552 bits per heavy atom. The molecule has 4 aromatic carbocycles. The minimum Gasteiger partial charge on any atom is -0.0622 e. The van der Waals surface area contributed by atoms with Gasteiger partial charge in [0.25, 0.3) is 0 Å². The second-order valence-corrected chi connectivity index (χ2v) is 10.9. The standard InChI is InChI=1S/2C12H11P.2ClH.Pd/c2*1-3-7-11(8-4-1)13-12-9-5-2-6-10-12;;;/h2*1-10,13H;2*1H;/q;;;;+2/p-2. The van der Waals surface area contributed by atoms with Crippen molar-refractivity contribution < 1.29 is 15.9 Å². The van der Waals surface area contributed by atoms with Crippen LogP contribution in [-0.2, 0) is 15.9 Å². The molecule has 0 unspecified atom stereocenters. The van der Waals surface area contributed by atoms with Crippen molar-refractivity contribution in [1.29, 1.82) is 0 Å². The number of hydrogen-bond donors (Lipinski definition) is 0. The van der Waals surface area contributed by atoms with E-state index in [4.69, 9.17) is 19.1 Å². The van der Waals surface area contributed by atoms with Gasteiger partial charge in [0.15, 0.2) is 0 Å². The SMILES string of the molecule is [Cl][Pd][Cl].c1ccc(Pc2ccccc2)cc1.c1ccc(Pc2ccccc2)cc1. The predicted molar refractivity (Wildman–Crippen MR) is 133 cm³/mol. The Morgan fingerprint density at radius 1 is 0.379 bits per heavy atom. The maximum Gasteiger partial charge on any atom is -0.0226 e. The summed E-state index contributed by atoms with van der Waals surface area (Å²) in [5, 5.41) is 5.59. The van der Waals surface area contributed by atoms with Crippen LogP contribution in [0.5, 0.6) is 0 Å². The largest absolute Gasteiger partial charge is 0.0622 e. The first kappa shape index (κ1) is 24.3. The van der Waals surface area contributed by atoms with Crippen LogP contribution in [0.1, 0.15) is 0 Å². The van der Waals surface area contributed by atoms with Crippen LogP contribution in [0.25, 0.3) is 0 Å². The Kier molecular flexibility index (Phi) is 13.2. The normalized spacial score (nSPS) is 9.59. The minimum absolute atomic E-state index is 0.106. The number of hydrogen-bond acceptors (Lipinski definition) is 0. The van der Waals surface area contributed by atoms with E-state index in [9.17, 15) is 0 Å². The molecule has 0 nitrogen and oxygen atoms in total. The van der Waals surface area contributed by atoms with Crippen molar-refractivity contribution in [3.05, 3.63) is 121 Å². The molecule has 4 aromatic rings. The fourth-order valence-corrected chi connectivity index (χ4v) is 4.52. The number of rotatable bonds is 4. The molecule has 0 aliphatic heterocycles.